The SMILES string of the molecule is COc1ncnc2sc(CC(=O)N3CCC(N4CCc5ccccc54)CC3)nc12.O=C(O)C(F)(F)F. The fourth-order valence-corrected chi connectivity index (χ4v) is 5.30. The maximum absolute atomic E-state index is 12.8. The van der Waals surface area contributed by atoms with Crippen LogP contribution in [-0.2, 0) is 22.4 Å². The highest BCUT2D eigenvalue weighted by Crippen LogP contribution is 2.32. The van der Waals surface area contributed by atoms with Crippen LogP contribution in [0.4, 0.5) is 18.9 Å². The molecule has 0 bridgehead atoms. The van der Waals surface area contributed by atoms with Gasteiger partial charge in [0.1, 0.15) is 11.3 Å². The number of ether oxygens (including phenoxy) is 1. The third-order valence-corrected chi connectivity index (χ3v) is 7.09. The number of benzene rings is 1. The topological polar surface area (TPSA) is 109 Å². The number of hydrogen-bond acceptors (Lipinski definition) is 8. The molecule has 1 aromatic carbocycles. The standard InChI is InChI=1S/C21H23N5O2S.C2HF3O2/c1-28-20-19-21(23-13-22-20)29-17(24-19)12-18(27)25-9-7-15(8-10-25)26-11-6-14-4-2-3-5-16(14)26;3-2(4,5)1(6)7/h2-5,13,15H,6-12H2,1H3;(H,6,7). The summed E-state index contributed by atoms with van der Waals surface area (Å²) in [5, 5.41) is 7.89. The molecule has 1 N–H and O–H groups in total. The molecule has 2 aliphatic rings. The number of anilines is 1. The number of methoxy groups -OCH3 is 1. The van der Waals surface area contributed by atoms with Crippen LogP contribution >= 0.6 is 11.3 Å². The predicted octanol–water partition coefficient (Wildman–Crippen LogP) is 3.32. The molecule has 0 unspecified atom stereocenters. The lowest BCUT2D eigenvalue weighted by Gasteiger charge is -2.38. The van der Waals surface area contributed by atoms with Gasteiger partial charge < -0.3 is 19.6 Å². The number of amides is 1. The Morgan fingerprint density at radius 3 is 2.53 bits per heavy atom. The number of aliphatic carboxylic acids is 1. The Morgan fingerprint density at radius 2 is 1.86 bits per heavy atom. The van der Waals surface area contributed by atoms with Gasteiger partial charge in [-0.25, -0.2) is 14.8 Å². The lowest BCUT2D eigenvalue weighted by Crippen LogP contribution is -2.46. The smallest absolute Gasteiger partial charge is 0.479 e. The Balaban J connectivity index is 0.000000384. The number of fused-ring (bicyclic) bond motifs is 2. The van der Waals surface area contributed by atoms with E-state index in [0.717, 1.165) is 48.7 Å². The normalized spacial score (nSPS) is 15.9. The Labute approximate surface area is 208 Å². The van der Waals surface area contributed by atoms with E-state index in [4.69, 9.17) is 14.6 Å². The molecule has 5 rings (SSSR count). The molecule has 1 fully saturated rings. The minimum atomic E-state index is -5.08. The van der Waals surface area contributed by atoms with Crippen LogP contribution in [0.25, 0.3) is 10.3 Å². The number of likely N-dealkylation sites (tertiary alicyclic amines) is 1. The zero-order chi connectivity index (χ0) is 25.9. The van der Waals surface area contributed by atoms with Crippen LogP contribution in [-0.4, -0.2) is 75.8 Å². The third kappa shape index (κ3) is 5.66. The van der Waals surface area contributed by atoms with Crippen molar-refractivity contribution in [3.8, 4) is 5.88 Å². The molecule has 0 saturated carbocycles. The largest absolute Gasteiger partial charge is 0.490 e. The second-order valence-electron chi connectivity index (χ2n) is 8.31. The Kier molecular flexibility index (Phi) is 7.57. The minimum Gasteiger partial charge on any atom is -0.479 e. The van der Waals surface area contributed by atoms with Gasteiger partial charge in [-0.15, -0.1) is 0 Å². The molecule has 192 valence electrons. The maximum atomic E-state index is 12.8. The molecule has 3 aromatic rings. The second kappa shape index (κ2) is 10.6. The average Bonchev–Trinajstić information content (AvgIpc) is 3.47. The van der Waals surface area contributed by atoms with Crippen molar-refractivity contribution in [1.29, 1.82) is 0 Å². The van der Waals surface area contributed by atoms with Gasteiger partial charge in [0.05, 0.1) is 13.5 Å². The molecular weight excluding hydrogens is 499 g/mol. The highest BCUT2D eigenvalue weighted by atomic mass is 32.1. The second-order valence-corrected chi connectivity index (χ2v) is 9.37. The van der Waals surface area contributed by atoms with E-state index in [1.54, 1.807) is 7.11 Å². The van der Waals surface area contributed by atoms with Crippen LogP contribution in [0.3, 0.4) is 0 Å². The first-order valence-electron chi connectivity index (χ1n) is 11.2. The zero-order valence-electron chi connectivity index (χ0n) is 19.4. The van der Waals surface area contributed by atoms with Crippen LogP contribution in [0, 0.1) is 0 Å². The molecule has 2 aliphatic heterocycles. The first kappa shape index (κ1) is 25.6. The molecule has 1 amide bonds. The number of para-hydroxylation sites is 1. The number of halogens is 3. The van der Waals surface area contributed by atoms with Crippen LogP contribution < -0.4 is 9.64 Å². The molecule has 0 aliphatic carbocycles. The first-order chi connectivity index (χ1) is 17.2. The van der Waals surface area contributed by atoms with Gasteiger partial charge in [0.15, 0.2) is 10.3 Å². The highest BCUT2D eigenvalue weighted by Gasteiger charge is 2.38. The van der Waals surface area contributed by atoms with Gasteiger partial charge in [0, 0.05) is 31.4 Å². The van der Waals surface area contributed by atoms with Crippen molar-refractivity contribution in [3.63, 3.8) is 0 Å². The van der Waals surface area contributed by atoms with E-state index in [1.165, 1.54) is 28.9 Å². The van der Waals surface area contributed by atoms with Gasteiger partial charge in [-0.1, -0.05) is 29.5 Å². The van der Waals surface area contributed by atoms with Crippen LogP contribution in [0.2, 0.25) is 0 Å². The molecule has 13 heteroatoms. The van der Waals surface area contributed by atoms with Gasteiger partial charge >= 0.3 is 12.1 Å². The molecule has 4 heterocycles. The number of piperidine rings is 1. The zero-order valence-corrected chi connectivity index (χ0v) is 20.2. The number of carbonyl (C=O) groups excluding carboxylic acids is 1. The van der Waals surface area contributed by atoms with E-state index in [-0.39, 0.29) is 5.91 Å². The fraction of sp³-hybridized carbons (Fsp3) is 0.435. The predicted molar refractivity (Wildman–Crippen MR) is 126 cm³/mol. The highest BCUT2D eigenvalue weighted by molar-refractivity contribution is 7.18. The fourth-order valence-electron chi connectivity index (χ4n) is 4.41. The van der Waals surface area contributed by atoms with E-state index < -0.39 is 12.1 Å². The minimum absolute atomic E-state index is 0.135. The number of carboxylic acid groups (broad SMARTS) is 1. The van der Waals surface area contributed by atoms with Crippen LogP contribution in [0.5, 0.6) is 5.88 Å². The number of carboxylic acids is 1. The molecule has 0 radical (unpaired) electrons. The van der Waals surface area contributed by atoms with Crippen molar-refractivity contribution in [1.82, 2.24) is 19.9 Å². The summed E-state index contributed by atoms with van der Waals surface area (Å²) in [5.74, 6) is -2.17. The monoisotopic (exact) mass is 523 g/mol. The lowest BCUT2D eigenvalue weighted by atomic mass is 10.0. The number of hydrogen-bond donors (Lipinski definition) is 1. The molecule has 0 spiro atoms. The summed E-state index contributed by atoms with van der Waals surface area (Å²) in [7, 11) is 1.56. The van der Waals surface area contributed by atoms with Crippen molar-refractivity contribution in [2.24, 2.45) is 0 Å². The molecular formula is C23H24F3N5O4S. The lowest BCUT2D eigenvalue weighted by molar-refractivity contribution is -0.192. The van der Waals surface area contributed by atoms with Gasteiger partial charge in [-0.05, 0) is 30.9 Å². The van der Waals surface area contributed by atoms with Crippen molar-refractivity contribution < 1.29 is 32.6 Å². The average molecular weight is 524 g/mol. The van der Waals surface area contributed by atoms with E-state index in [1.807, 2.05) is 4.90 Å². The molecule has 9 nitrogen and oxygen atoms in total. The maximum Gasteiger partial charge on any atom is 0.490 e. The quantitative estimate of drug-likeness (QED) is 0.555. The number of nitrogens with zero attached hydrogens (tertiary/aromatic N) is 5. The summed E-state index contributed by atoms with van der Waals surface area (Å²) in [4.78, 5) is 39.9. The van der Waals surface area contributed by atoms with E-state index in [2.05, 4.69) is 44.1 Å². The number of carbonyl (C=O) groups is 2. The third-order valence-electron chi connectivity index (χ3n) is 6.13. The van der Waals surface area contributed by atoms with Crippen molar-refractivity contribution in [2.75, 3.05) is 31.6 Å². The van der Waals surface area contributed by atoms with Gasteiger partial charge in [0.25, 0.3) is 0 Å². The van der Waals surface area contributed by atoms with E-state index >= 15 is 0 Å². The summed E-state index contributed by atoms with van der Waals surface area (Å²) in [6.07, 6.45) is -0.161. The Bertz CT molecular complexity index is 1240. The number of thiazole rings is 1. The molecule has 2 aromatic heterocycles. The summed E-state index contributed by atoms with van der Waals surface area (Å²) in [5.41, 5.74) is 3.45. The van der Waals surface area contributed by atoms with Crippen LogP contribution in [0.15, 0.2) is 30.6 Å². The first-order valence-corrected chi connectivity index (χ1v) is 12.1. The van der Waals surface area contributed by atoms with Gasteiger partial charge in [-0.2, -0.15) is 18.2 Å². The number of aromatic nitrogens is 3. The summed E-state index contributed by atoms with van der Waals surface area (Å²) in [6, 6.07) is 9.21. The molecule has 1 saturated heterocycles. The number of alkyl halides is 3. The van der Waals surface area contributed by atoms with E-state index in [0.29, 0.717) is 23.9 Å². The van der Waals surface area contributed by atoms with Crippen LogP contribution in [0.1, 0.15) is 23.4 Å². The summed E-state index contributed by atoms with van der Waals surface area (Å²) < 4.78 is 37.0. The Hall–Kier alpha value is -3.48. The molecule has 36 heavy (non-hydrogen) atoms. The van der Waals surface area contributed by atoms with Crippen molar-refractivity contribution in [2.45, 2.75) is 37.9 Å². The molecule has 0 atom stereocenters. The van der Waals surface area contributed by atoms with E-state index in [9.17, 15) is 18.0 Å². The van der Waals surface area contributed by atoms with Crippen molar-refractivity contribution in [3.05, 3.63) is 41.2 Å². The number of rotatable bonds is 4. The van der Waals surface area contributed by atoms with Gasteiger partial charge in [-0.3, -0.25) is 4.79 Å². The van der Waals surface area contributed by atoms with Crippen molar-refractivity contribution >= 4 is 39.2 Å². The van der Waals surface area contributed by atoms with Gasteiger partial charge in [0.2, 0.25) is 11.8 Å². The summed E-state index contributed by atoms with van der Waals surface area (Å²) in [6.45, 7) is 2.69. The Morgan fingerprint density at radius 1 is 1.17 bits per heavy atom. The summed E-state index contributed by atoms with van der Waals surface area (Å²) >= 11 is 1.43.